The Balaban J connectivity index is 1.70. The van der Waals surface area contributed by atoms with Gasteiger partial charge < -0.3 is 10.2 Å². The van der Waals surface area contributed by atoms with Crippen LogP contribution in [0.3, 0.4) is 0 Å². The first-order chi connectivity index (χ1) is 11.5. The Bertz CT molecular complexity index is 744. The van der Waals surface area contributed by atoms with E-state index in [-0.39, 0.29) is 11.8 Å². The first kappa shape index (κ1) is 16.5. The largest absolute Gasteiger partial charge is 0.326 e. The van der Waals surface area contributed by atoms with Gasteiger partial charge in [-0.25, -0.2) is 4.98 Å². The summed E-state index contributed by atoms with van der Waals surface area (Å²) >= 11 is 5.89. The number of aryl methyl sites for hydroxylation is 1. The van der Waals surface area contributed by atoms with Crippen LogP contribution in [-0.4, -0.2) is 27.7 Å². The minimum Gasteiger partial charge on any atom is -0.326 e. The zero-order chi connectivity index (χ0) is 17.1. The number of hydrogen-bond acceptors (Lipinski definition) is 3. The first-order valence-electron chi connectivity index (χ1n) is 7.80. The van der Waals surface area contributed by atoms with Crippen molar-refractivity contribution in [3.63, 3.8) is 0 Å². The van der Waals surface area contributed by atoms with Crippen LogP contribution in [0.4, 0.5) is 5.82 Å². The van der Waals surface area contributed by atoms with Gasteiger partial charge in [-0.2, -0.15) is 0 Å². The maximum Gasteiger partial charge on any atom is 0.248 e. The van der Waals surface area contributed by atoms with E-state index in [0.29, 0.717) is 30.2 Å². The maximum atomic E-state index is 12.5. The number of nitrogens with zero attached hydrogens (tertiary/aromatic N) is 2. The lowest BCUT2D eigenvalue weighted by Gasteiger charge is -2.24. The van der Waals surface area contributed by atoms with Crippen LogP contribution in [0.2, 0.25) is 5.02 Å². The Labute approximate surface area is 145 Å². The lowest BCUT2D eigenvalue weighted by atomic mass is 10.1. The second-order valence-corrected chi connectivity index (χ2v) is 6.35. The SMILES string of the molecule is Cc1ccc(NC(=O)[C@@H]2CCC(=O)N2Cc2ccc(Cl)cc2)nc1. The number of carbonyl (C=O) groups excluding carboxylic acids is 2. The van der Waals surface area contributed by atoms with E-state index < -0.39 is 6.04 Å². The van der Waals surface area contributed by atoms with E-state index in [2.05, 4.69) is 10.3 Å². The fourth-order valence-electron chi connectivity index (χ4n) is 2.74. The molecule has 0 spiro atoms. The standard InChI is InChI=1S/C18H18ClN3O2/c1-12-2-8-16(20-10-12)21-18(24)15-7-9-17(23)22(15)11-13-3-5-14(19)6-4-13/h2-6,8,10,15H,7,9,11H2,1H3,(H,20,21,24)/t15-/m0/s1. The van der Waals surface area contributed by atoms with Gasteiger partial charge in [0.15, 0.2) is 0 Å². The molecule has 1 N–H and O–H groups in total. The summed E-state index contributed by atoms with van der Waals surface area (Å²) in [5.74, 6) is 0.282. The molecule has 5 nitrogen and oxygen atoms in total. The summed E-state index contributed by atoms with van der Waals surface area (Å²) in [6, 6.07) is 10.5. The summed E-state index contributed by atoms with van der Waals surface area (Å²) in [6.07, 6.45) is 2.60. The van der Waals surface area contributed by atoms with Crippen molar-refractivity contribution in [3.05, 3.63) is 58.7 Å². The summed E-state index contributed by atoms with van der Waals surface area (Å²) < 4.78 is 0. The van der Waals surface area contributed by atoms with E-state index in [9.17, 15) is 9.59 Å². The molecule has 0 unspecified atom stereocenters. The molecule has 1 aromatic carbocycles. The van der Waals surface area contributed by atoms with E-state index in [1.165, 1.54) is 0 Å². The highest BCUT2D eigenvalue weighted by atomic mass is 35.5. The number of carbonyl (C=O) groups is 2. The third-order valence-corrected chi connectivity index (χ3v) is 4.31. The summed E-state index contributed by atoms with van der Waals surface area (Å²) in [6.45, 7) is 2.33. The van der Waals surface area contributed by atoms with E-state index in [1.54, 1.807) is 29.3 Å². The normalized spacial score (nSPS) is 17.2. The number of hydrogen-bond donors (Lipinski definition) is 1. The van der Waals surface area contributed by atoms with Gasteiger partial charge >= 0.3 is 0 Å². The predicted molar refractivity (Wildman–Crippen MR) is 92.6 cm³/mol. The zero-order valence-corrected chi connectivity index (χ0v) is 14.1. The van der Waals surface area contributed by atoms with Crippen LogP contribution in [0.25, 0.3) is 0 Å². The van der Waals surface area contributed by atoms with Gasteiger partial charge in [-0.1, -0.05) is 29.8 Å². The summed E-state index contributed by atoms with van der Waals surface area (Å²) in [5.41, 5.74) is 1.97. The van der Waals surface area contributed by atoms with Crippen molar-refractivity contribution in [2.24, 2.45) is 0 Å². The topological polar surface area (TPSA) is 62.3 Å². The van der Waals surface area contributed by atoms with E-state index in [1.807, 2.05) is 25.1 Å². The molecule has 0 radical (unpaired) electrons. The van der Waals surface area contributed by atoms with Crippen molar-refractivity contribution < 1.29 is 9.59 Å². The average Bonchev–Trinajstić information content (AvgIpc) is 2.93. The third kappa shape index (κ3) is 3.74. The average molecular weight is 344 g/mol. The molecule has 0 saturated carbocycles. The molecule has 2 amide bonds. The molecule has 3 rings (SSSR count). The number of nitrogens with one attached hydrogen (secondary N) is 1. The Morgan fingerprint density at radius 3 is 2.71 bits per heavy atom. The Hall–Kier alpha value is -2.40. The maximum absolute atomic E-state index is 12.5. The van der Waals surface area contributed by atoms with Gasteiger partial charge in [-0.05, 0) is 42.7 Å². The number of halogens is 1. The number of rotatable bonds is 4. The van der Waals surface area contributed by atoms with E-state index in [4.69, 9.17) is 11.6 Å². The van der Waals surface area contributed by atoms with Crippen LogP contribution in [-0.2, 0) is 16.1 Å². The van der Waals surface area contributed by atoms with Crippen LogP contribution in [0.15, 0.2) is 42.6 Å². The lowest BCUT2D eigenvalue weighted by Crippen LogP contribution is -2.41. The molecule has 2 heterocycles. The van der Waals surface area contributed by atoms with Crippen LogP contribution >= 0.6 is 11.6 Å². The molecule has 1 aliphatic rings. The summed E-state index contributed by atoms with van der Waals surface area (Å²) in [7, 11) is 0. The molecule has 1 saturated heterocycles. The predicted octanol–water partition coefficient (Wildman–Crippen LogP) is 3.17. The third-order valence-electron chi connectivity index (χ3n) is 4.06. The van der Waals surface area contributed by atoms with Gasteiger partial charge in [0.2, 0.25) is 11.8 Å². The number of anilines is 1. The Morgan fingerprint density at radius 2 is 2.04 bits per heavy atom. The van der Waals surface area contributed by atoms with Crippen LogP contribution < -0.4 is 5.32 Å². The molecule has 1 aromatic heterocycles. The Kier molecular flexibility index (Phi) is 4.81. The van der Waals surface area contributed by atoms with Gasteiger partial charge in [0.25, 0.3) is 0 Å². The van der Waals surface area contributed by atoms with Gasteiger partial charge in [0.1, 0.15) is 11.9 Å². The van der Waals surface area contributed by atoms with Gasteiger partial charge in [0.05, 0.1) is 0 Å². The van der Waals surface area contributed by atoms with E-state index in [0.717, 1.165) is 11.1 Å². The number of likely N-dealkylation sites (tertiary alicyclic amines) is 1. The van der Waals surface area contributed by atoms with Gasteiger partial charge in [-0.3, -0.25) is 9.59 Å². The summed E-state index contributed by atoms with van der Waals surface area (Å²) in [4.78, 5) is 30.5. The second kappa shape index (κ2) is 7.01. The fourth-order valence-corrected chi connectivity index (χ4v) is 2.87. The van der Waals surface area contributed by atoms with Crippen molar-refractivity contribution in [1.29, 1.82) is 0 Å². The van der Waals surface area contributed by atoms with Crippen LogP contribution in [0.5, 0.6) is 0 Å². The number of benzene rings is 1. The molecule has 1 fully saturated rings. The highest BCUT2D eigenvalue weighted by Gasteiger charge is 2.36. The monoisotopic (exact) mass is 343 g/mol. The molecule has 1 atom stereocenters. The highest BCUT2D eigenvalue weighted by Crippen LogP contribution is 2.23. The van der Waals surface area contributed by atoms with Gasteiger partial charge in [-0.15, -0.1) is 0 Å². The van der Waals surface area contributed by atoms with Crippen molar-refractivity contribution >= 4 is 29.2 Å². The number of amides is 2. The van der Waals surface area contributed by atoms with Crippen molar-refractivity contribution in [2.75, 3.05) is 5.32 Å². The fraction of sp³-hybridized carbons (Fsp3) is 0.278. The molecule has 2 aromatic rings. The molecule has 0 bridgehead atoms. The number of aromatic nitrogens is 1. The highest BCUT2D eigenvalue weighted by molar-refractivity contribution is 6.30. The minimum absolute atomic E-state index is 0.0121. The number of pyridine rings is 1. The molecule has 1 aliphatic heterocycles. The molecular weight excluding hydrogens is 326 g/mol. The van der Waals surface area contributed by atoms with Crippen LogP contribution in [0.1, 0.15) is 24.0 Å². The van der Waals surface area contributed by atoms with Crippen molar-refractivity contribution in [2.45, 2.75) is 32.4 Å². The lowest BCUT2D eigenvalue weighted by molar-refractivity contribution is -0.133. The smallest absolute Gasteiger partial charge is 0.248 e. The molecule has 6 heteroatoms. The quantitative estimate of drug-likeness (QED) is 0.927. The molecule has 124 valence electrons. The van der Waals surface area contributed by atoms with Crippen LogP contribution in [0, 0.1) is 6.92 Å². The Morgan fingerprint density at radius 1 is 1.29 bits per heavy atom. The first-order valence-corrected chi connectivity index (χ1v) is 8.18. The molecular formula is C18H18ClN3O2. The van der Waals surface area contributed by atoms with E-state index >= 15 is 0 Å². The zero-order valence-electron chi connectivity index (χ0n) is 13.3. The summed E-state index contributed by atoms with van der Waals surface area (Å²) in [5, 5.41) is 3.44. The van der Waals surface area contributed by atoms with Gasteiger partial charge in [0, 0.05) is 24.2 Å². The van der Waals surface area contributed by atoms with Crippen molar-refractivity contribution in [1.82, 2.24) is 9.88 Å². The minimum atomic E-state index is -0.476. The second-order valence-electron chi connectivity index (χ2n) is 5.91. The van der Waals surface area contributed by atoms with Crippen molar-refractivity contribution in [3.8, 4) is 0 Å². The molecule has 24 heavy (non-hydrogen) atoms. The molecule has 0 aliphatic carbocycles.